The van der Waals surface area contributed by atoms with E-state index >= 15 is 0 Å². The second-order valence-electron chi connectivity index (χ2n) is 4.46. The molecule has 0 aromatic carbocycles. The van der Waals surface area contributed by atoms with Crippen molar-refractivity contribution in [1.82, 2.24) is 10.2 Å². The topological polar surface area (TPSA) is 75.4 Å². The minimum Gasteiger partial charge on any atom is -0.369 e. The highest BCUT2D eigenvalue weighted by molar-refractivity contribution is 5.77. The number of primary amides is 1. The molecule has 2 amide bonds. The van der Waals surface area contributed by atoms with E-state index in [0.29, 0.717) is 24.9 Å². The van der Waals surface area contributed by atoms with E-state index in [9.17, 15) is 9.59 Å². The summed E-state index contributed by atoms with van der Waals surface area (Å²) in [7, 11) is 0. The highest BCUT2D eigenvalue weighted by atomic mass is 16.2. The molecule has 0 aromatic rings. The predicted molar refractivity (Wildman–Crippen MR) is 54.9 cm³/mol. The first-order valence-electron chi connectivity index (χ1n) is 5.45. The Morgan fingerprint density at radius 1 is 1.53 bits per heavy atom. The molecule has 2 unspecified atom stereocenters. The van der Waals surface area contributed by atoms with E-state index in [2.05, 4.69) is 10.2 Å². The molecule has 2 aliphatic rings. The van der Waals surface area contributed by atoms with Crippen LogP contribution >= 0.6 is 0 Å². The maximum atomic E-state index is 11.2. The highest BCUT2D eigenvalue weighted by Crippen LogP contribution is 2.24. The molecule has 84 valence electrons. The maximum Gasteiger partial charge on any atom is 0.231 e. The van der Waals surface area contributed by atoms with Crippen molar-refractivity contribution in [2.24, 2.45) is 11.7 Å². The number of nitrogens with zero attached hydrogens (tertiary/aromatic N) is 1. The van der Waals surface area contributed by atoms with E-state index in [1.54, 1.807) is 0 Å². The van der Waals surface area contributed by atoms with Gasteiger partial charge in [-0.15, -0.1) is 0 Å². The summed E-state index contributed by atoms with van der Waals surface area (Å²) in [5.74, 6) is 0.392. The molecule has 5 heteroatoms. The smallest absolute Gasteiger partial charge is 0.231 e. The molecule has 0 aromatic heterocycles. The average molecular weight is 211 g/mol. The minimum atomic E-state index is -0.270. The lowest BCUT2D eigenvalue weighted by atomic mass is 9.85. The summed E-state index contributed by atoms with van der Waals surface area (Å²) in [6, 6.07) is 0.315. The fraction of sp³-hybridized carbons (Fsp3) is 0.800. The first kappa shape index (κ1) is 10.4. The van der Waals surface area contributed by atoms with Gasteiger partial charge in [0.1, 0.15) is 0 Å². The lowest BCUT2D eigenvalue weighted by molar-refractivity contribution is -0.126. The molecule has 3 N–H and O–H groups in total. The van der Waals surface area contributed by atoms with Gasteiger partial charge in [-0.2, -0.15) is 0 Å². The Kier molecular flexibility index (Phi) is 2.90. The standard InChI is InChI=1S/C10H17N3O2/c11-9(14)6-13-4-3-8-7(5-13)1-2-10(15)12-8/h7-8H,1-6H2,(H2,11,14)(H,12,15). The predicted octanol–water partition coefficient (Wildman–Crippen LogP) is -0.928. The van der Waals surface area contributed by atoms with Crippen LogP contribution in [0.15, 0.2) is 0 Å². The van der Waals surface area contributed by atoms with Crippen LogP contribution in [0.3, 0.4) is 0 Å². The van der Waals surface area contributed by atoms with Gasteiger partial charge in [0.25, 0.3) is 0 Å². The van der Waals surface area contributed by atoms with Crippen molar-refractivity contribution in [2.45, 2.75) is 25.3 Å². The van der Waals surface area contributed by atoms with Crippen molar-refractivity contribution in [3.63, 3.8) is 0 Å². The Morgan fingerprint density at radius 2 is 2.33 bits per heavy atom. The third-order valence-corrected chi connectivity index (χ3v) is 3.29. The summed E-state index contributed by atoms with van der Waals surface area (Å²) in [5, 5.41) is 3.01. The number of nitrogens with two attached hydrogens (primary N) is 1. The summed E-state index contributed by atoms with van der Waals surface area (Å²) >= 11 is 0. The SMILES string of the molecule is NC(=O)CN1CCC2NC(=O)CCC2C1. The number of rotatable bonds is 2. The number of nitrogens with one attached hydrogen (secondary N) is 1. The number of hydrogen-bond donors (Lipinski definition) is 2. The van der Waals surface area contributed by atoms with Crippen molar-refractivity contribution in [3.05, 3.63) is 0 Å². The Balaban J connectivity index is 1.89. The molecular weight excluding hydrogens is 194 g/mol. The van der Waals surface area contributed by atoms with Crippen molar-refractivity contribution in [3.8, 4) is 0 Å². The van der Waals surface area contributed by atoms with Crippen LogP contribution in [-0.2, 0) is 9.59 Å². The van der Waals surface area contributed by atoms with Gasteiger partial charge in [0.05, 0.1) is 6.54 Å². The number of piperidine rings is 2. The van der Waals surface area contributed by atoms with Gasteiger partial charge in [-0.05, 0) is 18.8 Å². The summed E-state index contributed by atoms with van der Waals surface area (Å²) in [6.07, 6.45) is 2.49. The first-order valence-corrected chi connectivity index (χ1v) is 5.45. The normalized spacial score (nSPS) is 31.9. The van der Waals surface area contributed by atoms with Crippen LogP contribution in [0.4, 0.5) is 0 Å². The lowest BCUT2D eigenvalue weighted by Crippen LogP contribution is -2.54. The third-order valence-electron chi connectivity index (χ3n) is 3.29. The molecule has 0 bridgehead atoms. The van der Waals surface area contributed by atoms with Crippen molar-refractivity contribution in [2.75, 3.05) is 19.6 Å². The summed E-state index contributed by atoms with van der Waals surface area (Å²) in [6.45, 7) is 2.08. The number of fused-ring (bicyclic) bond motifs is 1. The van der Waals surface area contributed by atoms with Gasteiger partial charge in [0.15, 0.2) is 0 Å². The monoisotopic (exact) mass is 211 g/mol. The Hall–Kier alpha value is -1.10. The van der Waals surface area contributed by atoms with Crippen LogP contribution < -0.4 is 11.1 Å². The van der Waals surface area contributed by atoms with E-state index < -0.39 is 0 Å². The molecule has 0 radical (unpaired) electrons. The molecule has 2 fully saturated rings. The Labute approximate surface area is 89.0 Å². The zero-order valence-electron chi connectivity index (χ0n) is 8.74. The van der Waals surface area contributed by atoms with E-state index in [1.807, 2.05) is 0 Å². The van der Waals surface area contributed by atoms with Gasteiger partial charge in [-0.25, -0.2) is 0 Å². The number of carbonyl (C=O) groups excluding carboxylic acids is 2. The fourth-order valence-electron chi connectivity index (χ4n) is 2.55. The number of likely N-dealkylation sites (tertiary alicyclic amines) is 1. The zero-order valence-corrected chi connectivity index (χ0v) is 8.74. The van der Waals surface area contributed by atoms with Gasteiger partial charge in [-0.3, -0.25) is 14.5 Å². The molecule has 2 rings (SSSR count). The second-order valence-corrected chi connectivity index (χ2v) is 4.46. The van der Waals surface area contributed by atoms with E-state index in [4.69, 9.17) is 5.73 Å². The fourth-order valence-corrected chi connectivity index (χ4v) is 2.55. The number of hydrogen-bond acceptors (Lipinski definition) is 3. The van der Waals surface area contributed by atoms with Crippen LogP contribution in [-0.4, -0.2) is 42.4 Å². The molecule has 0 spiro atoms. The largest absolute Gasteiger partial charge is 0.369 e. The first-order chi connectivity index (χ1) is 7.15. The van der Waals surface area contributed by atoms with Crippen LogP contribution in [0.5, 0.6) is 0 Å². The molecule has 0 aliphatic carbocycles. The van der Waals surface area contributed by atoms with Crippen molar-refractivity contribution >= 4 is 11.8 Å². The molecular formula is C10H17N3O2. The molecule has 5 nitrogen and oxygen atoms in total. The molecule has 2 heterocycles. The van der Waals surface area contributed by atoms with E-state index in [1.165, 1.54) is 0 Å². The van der Waals surface area contributed by atoms with Crippen LogP contribution in [0, 0.1) is 5.92 Å². The molecule has 2 aliphatic heterocycles. The van der Waals surface area contributed by atoms with Crippen LogP contribution in [0.2, 0.25) is 0 Å². The molecule has 2 saturated heterocycles. The minimum absolute atomic E-state index is 0.166. The second kappa shape index (κ2) is 4.18. The summed E-state index contributed by atoms with van der Waals surface area (Å²) in [4.78, 5) is 24.1. The Morgan fingerprint density at radius 3 is 3.07 bits per heavy atom. The van der Waals surface area contributed by atoms with Gasteiger partial charge < -0.3 is 11.1 Å². The van der Waals surface area contributed by atoms with Gasteiger partial charge >= 0.3 is 0 Å². The third kappa shape index (κ3) is 2.47. The average Bonchev–Trinajstić information content (AvgIpc) is 2.17. The van der Waals surface area contributed by atoms with Gasteiger partial charge in [0, 0.05) is 25.6 Å². The highest BCUT2D eigenvalue weighted by Gasteiger charge is 2.33. The zero-order chi connectivity index (χ0) is 10.8. The molecule has 0 saturated carbocycles. The van der Waals surface area contributed by atoms with Gasteiger partial charge in [0.2, 0.25) is 11.8 Å². The summed E-state index contributed by atoms with van der Waals surface area (Å²) in [5.41, 5.74) is 5.16. The summed E-state index contributed by atoms with van der Waals surface area (Å²) < 4.78 is 0. The van der Waals surface area contributed by atoms with Crippen molar-refractivity contribution < 1.29 is 9.59 Å². The lowest BCUT2D eigenvalue weighted by Gasteiger charge is -2.40. The Bertz CT molecular complexity index is 280. The number of amides is 2. The van der Waals surface area contributed by atoms with E-state index in [-0.39, 0.29) is 11.8 Å². The number of carbonyl (C=O) groups is 2. The van der Waals surface area contributed by atoms with E-state index in [0.717, 1.165) is 25.9 Å². The quantitative estimate of drug-likeness (QED) is 0.620. The van der Waals surface area contributed by atoms with Crippen LogP contribution in [0.1, 0.15) is 19.3 Å². The molecule has 2 atom stereocenters. The van der Waals surface area contributed by atoms with Crippen LogP contribution in [0.25, 0.3) is 0 Å². The van der Waals surface area contributed by atoms with Gasteiger partial charge in [-0.1, -0.05) is 0 Å². The molecule has 15 heavy (non-hydrogen) atoms. The van der Waals surface area contributed by atoms with Crippen molar-refractivity contribution in [1.29, 1.82) is 0 Å². The maximum absolute atomic E-state index is 11.2.